The van der Waals surface area contributed by atoms with Crippen LogP contribution in [0.4, 0.5) is 0 Å². The Morgan fingerprint density at radius 2 is 2.26 bits per heavy atom. The van der Waals surface area contributed by atoms with E-state index in [2.05, 4.69) is 6.58 Å². The van der Waals surface area contributed by atoms with Gasteiger partial charge in [0.2, 0.25) is 0 Å². The van der Waals surface area contributed by atoms with Crippen LogP contribution in [-0.2, 0) is 9.53 Å². The highest BCUT2D eigenvalue weighted by Gasteiger charge is 2.32. The number of allylic oxidation sites excluding steroid dienone is 2. The molecule has 0 radical (unpaired) electrons. The third-order valence-corrected chi connectivity index (χ3v) is 3.68. The van der Waals surface area contributed by atoms with Crippen LogP contribution in [0.1, 0.15) is 36.5 Å². The van der Waals surface area contributed by atoms with Crippen molar-refractivity contribution in [2.75, 3.05) is 7.11 Å². The van der Waals surface area contributed by atoms with Gasteiger partial charge < -0.3 is 9.47 Å². The van der Waals surface area contributed by atoms with Crippen molar-refractivity contribution in [3.8, 4) is 5.75 Å². The highest BCUT2D eigenvalue weighted by Crippen LogP contribution is 2.43. The fourth-order valence-electron chi connectivity index (χ4n) is 2.76. The minimum absolute atomic E-state index is 0.176. The molecule has 1 atom stereocenters. The Kier molecular flexibility index (Phi) is 2.90. The molecule has 3 heteroatoms. The first kappa shape index (κ1) is 12.0. The van der Waals surface area contributed by atoms with Gasteiger partial charge in [-0.05, 0) is 30.2 Å². The van der Waals surface area contributed by atoms with Gasteiger partial charge in [-0.3, -0.25) is 4.79 Å². The van der Waals surface area contributed by atoms with Crippen LogP contribution in [0.2, 0.25) is 0 Å². The quantitative estimate of drug-likeness (QED) is 0.761. The zero-order valence-electron chi connectivity index (χ0n) is 10.9. The molecule has 0 fully saturated rings. The van der Waals surface area contributed by atoms with E-state index >= 15 is 0 Å². The number of benzene rings is 1. The van der Waals surface area contributed by atoms with E-state index in [9.17, 15) is 4.79 Å². The number of hydrogen-bond donors (Lipinski definition) is 0. The summed E-state index contributed by atoms with van der Waals surface area (Å²) in [5, 5.41) is 0. The number of hydrogen-bond acceptors (Lipinski definition) is 3. The van der Waals surface area contributed by atoms with E-state index in [-0.39, 0.29) is 11.9 Å². The number of carbonyl (C=O) groups excluding carboxylic acids is 1. The van der Waals surface area contributed by atoms with Crippen LogP contribution in [0.15, 0.2) is 36.6 Å². The summed E-state index contributed by atoms with van der Waals surface area (Å²) in [4.78, 5) is 12.1. The Morgan fingerprint density at radius 1 is 1.42 bits per heavy atom. The van der Waals surface area contributed by atoms with Crippen molar-refractivity contribution in [2.24, 2.45) is 0 Å². The average molecular weight is 256 g/mol. The fourth-order valence-corrected chi connectivity index (χ4v) is 2.76. The number of fused-ring (bicyclic) bond motifs is 2. The summed E-state index contributed by atoms with van der Waals surface area (Å²) in [6.45, 7) is 3.82. The summed E-state index contributed by atoms with van der Waals surface area (Å²) in [6.07, 6.45) is 3.87. The third-order valence-electron chi connectivity index (χ3n) is 3.68. The summed E-state index contributed by atoms with van der Waals surface area (Å²) >= 11 is 0. The second-order valence-electron chi connectivity index (χ2n) is 4.80. The summed E-state index contributed by atoms with van der Waals surface area (Å²) in [7, 11) is 1.63. The van der Waals surface area contributed by atoms with Crippen LogP contribution >= 0.6 is 0 Å². The van der Waals surface area contributed by atoms with E-state index < -0.39 is 0 Å². The van der Waals surface area contributed by atoms with Gasteiger partial charge in [0, 0.05) is 18.4 Å². The van der Waals surface area contributed by atoms with Crippen molar-refractivity contribution in [1.82, 2.24) is 0 Å². The van der Waals surface area contributed by atoms with Gasteiger partial charge in [-0.2, -0.15) is 0 Å². The minimum atomic E-state index is -0.199. The van der Waals surface area contributed by atoms with Gasteiger partial charge in [0.05, 0.1) is 12.7 Å². The van der Waals surface area contributed by atoms with Gasteiger partial charge in [-0.25, -0.2) is 0 Å². The summed E-state index contributed by atoms with van der Waals surface area (Å²) in [5.74, 6) is 1.76. The predicted molar refractivity (Wildman–Crippen MR) is 72.8 cm³/mol. The van der Waals surface area contributed by atoms with Crippen molar-refractivity contribution in [2.45, 2.75) is 25.4 Å². The molecule has 1 heterocycles. The Bertz CT molecular complexity index is 584. The highest BCUT2D eigenvalue weighted by atomic mass is 16.5. The van der Waals surface area contributed by atoms with E-state index in [0.717, 1.165) is 41.1 Å². The molecular formula is C16H16O3. The van der Waals surface area contributed by atoms with E-state index in [1.165, 1.54) is 0 Å². The first-order valence-corrected chi connectivity index (χ1v) is 6.48. The van der Waals surface area contributed by atoms with Crippen molar-refractivity contribution < 1.29 is 14.3 Å². The van der Waals surface area contributed by atoms with Crippen LogP contribution in [0.5, 0.6) is 5.75 Å². The average Bonchev–Trinajstić information content (AvgIpc) is 2.45. The second kappa shape index (κ2) is 4.57. The molecule has 1 unspecified atom stereocenters. The third kappa shape index (κ3) is 1.86. The monoisotopic (exact) mass is 256 g/mol. The number of rotatable bonds is 2. The zero-order chi connectivity index (χ0) is 13.4. The van der Waals surface area contributed by atoms with Crippen molar-refractivity contribution >= 4 is 11.4 Å². The molecule has 1 aromatic rings. The molecule has 0 N–H and O–H groups in total. The molecule has 0 amide bonds. The lowest BCUT2D eigenvalue weighted by molar-refractivity contribution is -0.114. The molecule has 98 valence electrons. The SMILES string of the molecule is C=CC1OC2=C(C(=O)CCC2)c2ccc(OC)cc21. The lowest BCUT2D eigenvalue weighted by atomic mass is 9.85. The zero-order valence-corrected chi connectivity index (χ0v) is 10.9. The van der Waals surface area contributed by atoms with Crippen molar-refractivity contribution in [1.29, 1.82) is 0 Å². The molecule has 2 aliphatic rings. The summed E-state index contributed by atoms with van der Waals surface area (Å²) in [6, 6.07) is 5.76. The van der Waals surface area contributed by atoms with E-state index in [1.807, 2.05) is 18.2 Å². The van der Waals surface area contributed by atoms with Gasteiger partial charge in [0.1, 0.15) is 17.6 Å². The highest BCUT2D eigenvalue weighted by molar-refractivity contribution is 6.22. The molecule has 1 aromatic carbocycles. The smallest absolute Gasteiger partial charge is 0.166 e. The van der Waals surface area contributed by atoms with Gasteiger partial charge in [0.25, 0.3) is 0 Å². The molecule has 0 aromatic heterocycles. The van der Waals surface area contributed by atoms with Gasteiger partial charge >= 0.3 is 0 Å². The topological polar surface area (TPSA) is 35.5 Å². The predicted octanol–water partition coefficient (Wildman–Crippen LogP) is 3.42. The van der Waals surface area contributed by atoms with Gasteiger partial charge in [-0.15, -0.1) is 0 Å². The number of ether oxygens (including phenoxy) is 2. The van der Waals surface area contributed by atoms with Crippen LogP contribution < -0.4 is 4.74 Å². The van der Waals surface area contributed by atoms with Crippen LogP contribution in [-0.4, -0.2) is 12.9 Å². The molecular weight excluding hydrogens is 240 g/mol. The normalized spacial score (nSPS) is 21.3. The van der Waals surface area contributed by atoms with Crippen LogP contribution in [0, 0.1) is 0 Å². The first-order valence-electron chi connectivity index (χ1n) is 6.48. The van der Waals surface area contributed by atoms with Gasteiger partial charge in [0.15, 0.2) is 5.78 Å². The van der Waals surface area contributed by atoms with E-state index in [0.29, 0.717) is 6.42 Å². The number of Topliss-reactive ketones (excluding diaryl/α,β-unsaturated/α-hetero) is 1. The standard InChI is InChI=1S/C16H16O3/c1-3-14-12-9-10(18-2)7-8-11(12)16-13(17)5-4-6-15(16)19-14/h3,7-9,14H,1,4-6H2,2H3. The molecule has 1 aliphatic heterocycles. The number of carbonyl (C=O) groups is 1. The Morgan fingerprint density at radius 3 is 3.00 bits per heavy atom. The fraction of sp³-hybridized carbons (Fsp3) is 0.312. The number of ketones is 1. The van der Waals surface area contributed by atoms with Crippen molar-refractivity contribution in [3.63, 3.8) is 0 Å². The molecule has 1 aliphatic carbocycles. The van der Waals surface area contributed by atoms with Crippen LogP contribution in [0.3, 0.4) is 0 Å². The Hall–Kier alpha value is -2.03. The van der Waals surface area contributed by atoms with Crippen LogP contribution in [0.25, 0.3) is 5.57 Å². The molecule has 3 nitrogen and oxygen atoms in total. The van der Waals surface area contributed by atoms with Crippen molar-refractivity contribution in [3.05, 3.63) is 47.7 Å². The lowest BCUT2D eigenvalue weighted by Crippen LogP contribution is -2.20. The van der Waals surface area contributed by atoms with E-state index in [1.54, 1.807) is 13.2 Å². The lowest BCUT2D eigenvalue weighted by Gasteiger charge is -2.31. The number of methoxy groups -OCH3 is 1. The van der Waals surface area contributed by atoms with E-state index in [4.69, 9.17) is 9.47 Å². The molecule has 0 saturated carbocycles. The Labute approximate surface area is 112 Å². The second-order valence-corrected chi connectivity index (χ2v) is 4.80. The molecule has 3 rings (SSSR count). The minimum Gasteiger partial charge on any atom is -0.497 e. The summed E-state index contributed by atoms with van der Waals surface area (Å²) < 4.78 is 11.2. The summed E-state index contributed by atoms with van der Waals surface area (Å²) in [5.41, 5.74) is 2.68. The molecule has 0 bridgehead atoms. The maximum Gasteiger partial charge on any atom is 0.166 e. The largest absolute Gasteiger partial charge is 0.497 e. The first-order chi connectivity index (χ1) is 9.24. The molecule has 0 spiro atoms. The Balaban J connectivity index is 2.19. The maximum absolute atomic E-state index is 12.1. The molecule has 0 saturated heterocycles. The van der Waals surface area contributed by atoms with Gasteiger partial charge in [-0.1, -0.05) is 12.6 Å². The molecule has 19 heavy (non-hydrogen) atoms. The maximum atomic E-state index is 12.1.